The van der Waals surface area contributed by atoms with Gasteiger partial charge in [-0.05, 0) is 37.1 Å². The molecule has 0 heterocycles. The molecule has 1 saturated carbocycles. The lowest BCUT2D eigenvalue weighted by atomic mass is 9.85. The van der Waals surface area contributed by atoms with Crippen LogP contribution in [0.25, 0.3) is 0 Å². The van der Waals surface area contributed by atoms with Crippen molar-refractivity contribution in [3.8, 4) is 0 Å². The van der Waals surface area contributed by atoms with Gasteiger partial charge in [-0.3, -0.25) is 9.69 Å². The Bertz CT molecular complexity index is 635. The van der Waals surface area contributed by atoms with Crippen LogP contribution in [-0.2, 0) is 22.7 Å². The fourth-order valence-electron chi connectivity index (χ4n) is 3.10. The van der Waals surface area contributed by atoms with Gasteiger partial charge in [-0.25, -0.2) is 9.18 Å². The van der Waals surface area contributed by atoms with Crippen LogP contribution in [0.1, 0.15) is 30.9 Å². The van der Waals surface area contributed by atoms with E-state index >= 15 is 0 Å². The van der Waals surface area contributed by atoms with E-state index < -0.39 is 5.97 Å². The standard InChI is InChI=1S/C18H26FN3O4/c1-3-22(10-17(23)24)15-7-14(8-15)21-18(25)20-9-12-4-5-16(19)13(6-12)11-26-2/h4-6,14-15H,3,7-11H2,1-2H3,(H,23,24)(H2,20,21,25). The number of benzene rings is 1. The zero-order chi connectivity index (χ0) is 19.1. The molecule has 3 N–H and O–H groups in total. The summed E-state index contributed by atoms with van der Waals surface area (Å²) >= 11 is 0. The van der Waals surface area contributed by atoms with Crippen molar-refractivity contribution >= 4 is 12.0 Å². The average molecular weight is 367 g/mol. The zero-order valence-electron chi connectivity index (χ0n) is 15.1. The summed E-state index contributed by atoms with van der Waals surface area (Å²) in [6.07, 6.45) is 1.48. The molecule has 1 aliphatic carbocycles. The van der Waals surface area contributed by atoms with Gasteiger partial charge in [0.2, 0.25) is 0 Å². The Balaban J connectivity index is 1.73. The predicted octanol–water partition coefficient (Wildman–Crippen LogP) is 1.71. The van der Waals surface area contributed by atoms with Crippen molar-refractivity contribution in [2.75, 3.05) is 20.2 Å². The summed E-state index contributed by atoms with van der Waals surface area (Å²) in [7, 11) is 1.50. The highest BCUT2D eigenvalue weighted by atomic mass is 19.1. The number of carbonyl (C=O) groups is 2. The van der Waals surface area contributed by atoms with Crippen molar-refractivity contribution in [2.45, 2.75) is 45.0 Å². The first-order valence-corrected chi connectivity index (χ1v) is 8.69. The fraction of sp³-hybridized carbons (Fsp3) is 0.556. The van der Waals surface area contributed by atoms with Crippen LogP contribution in [0.5, 0.6) is 0 Å². The largest absolute Gasteiger partial charge is 0.480 e. The van der Waals surface area contributed by atoms with Gasteiger partial charge in [0.1, 0.15) is 5.82 Å². The first kappa shape index (κ1) is 20.1. The number of aliphatic carboxylic acids is 1. The van der Waals surface area contributed by atoms with E-state index in [0.29, 0.717) is 18.7 Å². The van der Waals surface area contributed by atoms with Crippen molar-refractivity contribution in [3.05, 3.63) is 35.1 Å². The molecule has 7 nitrogen and oxygen atoms in total. The second-order valence-corrected chi connectivity index (χ2v) is 6.46. The minimum atomic E-state index is -0.840. The van der Waals surface area contributed by atoms with Crippen LogP contribution < -0.4 is 10.6 Å². The monoisotopic (exact) mass is 367 g/mol. The number of carboxylic acids is 1. The van der Waals surface area contributed by atoms with Crippen LogP contribution >= 0.6 is 0 Å². The summed E-state index contributed by atoms with van der Waals surface area (Å²) in [5.41, 5.74) is 1.24. The number of methoxy groups -OCH3 is 1. The minimum absolute atomic E-state index is 0.0223. The summed E-state index contributed by atoms with van der Waals surface area (Å²) < 4.78 is 18.5. The molecule has 0 spiro atoms. The van der Waals surface area contributed by atoms with Gasteiger partial charge in [0.05, 0.1) is 13.2 Å². The Kier molecular flexibility index (Phi) is 7.35. The summed E-state index contributed by atoms with van der Waals surface area (Å²) in [6, 6.07) is 4.60. The van der Waals surface area contributed by atoms with Gasteiger partial charge in [0.25, 0.3) is 0 Å². The number of hydrogen-bond donors (Lipinski definition) is 3. The third kappa shape index (κ3) is 5.67. The van der Waals surface area contributed by atoms with E-state index in [1.807, 2.05) is 11.8 Å². The van der Waals surface area contributed by atoms with E-state index in [0.717, 1.165) is 18.4 Å². The number of nitrogens with zero attached hydrogens (tertiary/aromatic N) is 1. The molecular formula is C18H26FN3O4. The number of halogens is 1. The van der Waals surface area contributed by atoms with Gasteiger partial charge in [-0.1, -0.05) is 13.0 Å². The molecule has 2 amide bonds. The second-order valence-electron chi connectivity index (χ2n) is 6.46. The molecule has 26 heavy (non-hydrogen) atoms. The first-order valence-electron chi connectivity index (χ1n) is 8.69. The molecule has 1 fully saturated rings. The maximum absolute atomic E-state index is 13.6. The van der Waals surface area contributed by atoms with E-state index in [1.54, 1.807) is 12.1 Å². The topological polar surface area (TPSA) is 90.9 Å². The van der Waals surface area contributed by atoms with Gasteiger partial charge in [-0.2, -0.15) is 0 Å². The molecule has 0 bridgehead atoms. The summed E-state index contributed by atoms with van der Waals surface area (Å²) in [5.74, 6) is -1.17. The molecule has 0 radical (unpaired) electrons. The molecule has 0 unspecified atom stereocenters. The molecule has 144 valence electrons. The SMILES string of the molecule is CCN(CC(=O)O)C1CC(NC(=O)NCc2ccc(F)c(COC)c2)C1. The smallest absolute Gasteiger partial charge is 0.317 e. The van der Waals surface area contributed by atoms with Gasteiger partial charge in [0, 0.05) is 31.3 Å². The van der Waals surface area contributed by atoms with Crippen LogP contribution in [0.2, 0.25) is 0 Å². The molecule has 0 atom stereocenters. The average Bonchev–Trinajstić information content (AvgIpc) is 2.56. The number of urea groups is 1. The van der Waals surface area contributed by atoms with Crippen molar-refractivity contribution in [1.29, 1.82) is 0 Å². The summed E-state index contributed by atoms with van der Waals surface area (Å²) in [6.45, 7) is 3.09. The van der Waals surface area contributed by atoms with Crippen molar-refractivity contribution < 1.29 is 23.8 Å². The number of ether oxygens (including phenoxy) is 1. The molecule has 0 aromatic heterocycles. The Hall–Kier alpha value is -2.19. The van der Waals surface area contributed by atoms with Gasteiger partial charge in [0.15, 0.2) is 0 Å². The lowest BCUT2D eigenvalue weighted by Gasteiger charge is -2.42. The maximum atomic E-state index is 13.6. The Morgan fingerprint density at radius 3 is 2.73 bits per heavy atom. The molecule has 8 heteroatoms. The number of carbonyl (C=O) groups excluding carboxylic acids is 1. The Morgan fingerprint density at radius 1 is 1.38 bits per heavy atom. The number of amides is 2. The summed E-state index contributed by atoms with van der Waals surface area (Å²) in [4.78, 5) is 24.7. The minimum Gasteiger partial charge on any atom is -0.480 e. The molecule has 0 aliphatic heterocycles. The normalized spacial score (nSPS) is 19.1. The zero-order valence-corrected chi connectivity index (χ0v) is 15.1. The molecule has 1 aromatic rings. The number of hydrogen-bond acceptors (Lipinski definition) is 4. The van der Waals surface area contributed by atoms with E-state index in [4.69, 9.17) is 9.84 Å². The Morgan fingerprint density at radius 2 is 2.12 bits per heavy atom. The van der Waals surface area contributed by atoms with E-state index in [1.165, 1.54) is 13.2 Å². The van der Waals surface area contributed by atoms with Crippen molar-refractivity contribution in [3.63, 3.8) is 0 Å². The summed E-state index contributed by atoms with van der Waals surface area (Å²) in [5, 5.41) is 14.5. The molecule has 1 aliphatic rings. The number of nitrogens with one attached hydrogen (secondary N) is 2. The third-order valence-corrected chi connectivity index (χ3v) is 4.57. The highest BCUT2D eigenvalue weighted by Gasteiger charge is 2.34. The maximum Gasteiger partial charge on any atom is 0.317 e. The lowest BCUT2D eigenvalue weighted by Crippen LogP contribution is -2.56. The molecular weight excluding hydrogens is 341 g/mol. The van der Waals surface area contributed by atoms with Crippen LogP contribution in [-0.4, -0.2) is 54.3 Å². The van der Waals surface area contributed by atoms with E-state index in [9.17, 15) is 14.0 Å². The predicted molar refractivity (Wildman–Crippen MR) is 94.2 cm³/mol. The Labute approximate surface area is 152 Å². The highest BCUT2D eigenvalue weighted by molar-refractivity contribution is 5.74. The highest BCUT2D eigenvalue weighted by Crippen LogP contribution is 2.25. The third-order valence-electron chi connectivity index (χ3n) is 4.57. The number of rotatable bonds is 9. The lowest BCUT2D eigenvalue weighted by molar-refractivity contribution is -0.139. The van der Waals surface area contributed by atoms with Gasteiger partial charge in [-0.15, -0.1) is 0 Å². The van der Waals surface area contributed by atoms with E-state index in [2.05, 4.69) is 10.6 Å². The van der Waals surface area contributed by atoms with Crippen molar-refractivity contribution in [2.24, 2.45) is 0 Å². The van der Waals surface area contributed by atoms with Crippen LogP contribution in [0.15, 0.2) is 18.2 Å². The van der Waals surface area contributed by atoms with Crippen LogP contribution in [0.3, 0.4) is 0 Å². The molecule has 2 rings (SSSR count). The van der Waals surface area contributed by atoms with Gasteiger partial charge >= 0.3 is 12.0 Å². The van der Waals surface area contributed by atoms with Crippen LogP contribution in [0.4, 0.5) is 9.18 Å². The number of likely N-dealkylation sites (N-methyl/N-ethyl adjacent to an activating group) is 1. The molecule has 1 aromatic carbocycles. The van der Waals surface area contributed by atoms with Crippen molar-refractivity contribution in [1.82, 2.24) is 15.5 Å². The second kappa shape index (κ2) is 9.49. The first-order chi connectivity index (χ1) is 12.4. The quantitative estimate of drug-likeness (QED) is 0.618. The fourth-order valence-corrected chi connectivity index (χ4v) is 3.10. The number of carboxylic acid groups (broad SMARTS) is 1. The van der Waals surface area contributed by atoms with Crippen LogP contribution in [0, 0.1) is 5.82 Å². The van der Waals surface area contributed by atoms with Gasteiger partial charge < -0.3 is 20.5 Å². The van der Waals surface area contributed by atoms with E-state index in [-0.39, 0.29) is 37.1 Å². The molecule has 0 saturated heterocycles.